The molecule has 2 rings (SSSR count). The molecule has 0 amide bonds. The summed E-state index contributed by atoms with van der Waals surface area (Å²) in [6.45, 7) is 3.87. The fourth-order valence-corrected chi connectivity index (χ4v) is 4.32. The van der Waals surface area contributed by atoms with Crippen molar-refractivity contribution in [2.75, 3.05) is 19.3 Å². The third kappa shape index (κ3) is 3.22. The van der Waals surface area contributed by atoms with E-state index < -0.39 is 15.6 Å². The lowest BCUT2D eigenvalue weighted by atomic mass is 10.0. The molecular weight excluding hydrogens is 288 g/mol. The Morgan fingerprint density at radius 2 is 1.76 bits per heavy atom. The van der Waals surface area contributed by atoms with E-state index in [1.807, 2.05) is 13.8 Å². The number of rotatable bonds is 4. The molecule has 0 heterocycles. The monoisotopic (exact) mass is 312 g/mol. The molecule has 6 heteroatoms. The second kappa shape index (κ2) is 5.59. The largest absolute Gasteiger partial charge is 0.398 e. The van der Waals surface area contributed by atoms with Crippen molar-refractivity contribution in [3.05, 3.63) is 23.3 Å². The Morgan fingerprint density at radius 1 is 1.24 bits per heavy atom. The maximum absolute atomic E-state index is 12.7. The van der Waals surface area contributed by atoms with Crippen LogP contribution >= 0.6 is 0 Å². The number of nitrogen functional groups attached to an aromatic ring is 1. The van der Waals surface area contributed by atoms with E-state index in [1.54, 1.807) is 12.1 Å². The number of hydrogen-bond acceptors (Lipinski definition) is 4. The summed E-state index contributed by atoms with van der Waals surface area (Å²) in [4.78, 5) is 0.120. The number of benzene rings is 1. The number of sulfonamides is 1. The molecule has 0 bridgehead atoms. The Morgan fingerprint density at radius 3 is 2.33 bits per heavy atom. The van der Waals surface area contributed by atoms with E-state index in [0.717, 1.165) is 24.0 Å². The molecule has 1 aliphatic rings. The maximum Gasteiger partial charge on any atom is 0.244 e. The van der Waals surface area contributed by atoms with Gasteiger partial charge in [0, 0.05) is 13.6 Å². The molecule has 1 fully saturated rings. The van der Waals surface area contributed by atoms with Crippen LogP contribution in [0.2, 0.25) is 0 Å². The number of aliphatic hydroxyl groups is 1. The molecule has 118 valence electrons. The van der Waals surface area contributed by atoms with Gasteiger partial charge in [0.1, 0.15) is 4.90 Å². The molecule has 1 aliphatic carbocycles. The second-order valence-corrected chi connectivity index (χ2v) is 8.18. The van der Waals surface area contributed by atoms with Crippen LogP contribution in [0.25, 0.3) is 0 Å². The quantitative estimate of drug-likeness (QED) is 0.831. The number of anilines is 1. The average Bonchev–Trinajstić information content (AvgIpc) is 2.80. The summed E-state index contributed by atoms with van der Waals surface area (Å²) in [7, 11) is -2.19. The van der Waals surface area contributed by atoms with Crippen molar-refractivity contribution in [1.29, 1.82) is 0 Å². The van der Waals surface area contributed by atoms with Crippen LogP contribution in [0.15, 0.2) is 17.0 Å². The van der Waals surface area contributed by atoms with Gasteiger partial charge in [0.15, 0.2) is 0 Å². The van der Waals surface area contributed by atoms with Crippen molar-refractivity contribution in [2.24, 2.45) is 0 Å². The van der Waals surface area contributed by atoms with Crippen LogP contribution in [0, 0.1) is 13.8 Å². The molecule has 1 aromatic carbocycles. The Bertz CT molecular complexity index is 635. The molecule has 21 heavy (non-hydrogen) atoms. The Kier molecular flexibility index (Phi) is 4.33. The van der Waals surface area contributed by atoms with Gasteiger partial charge in [0.05, 0.1) is 11.3 Å². The molecule has 0 aromatic heterocycles. The minimum absolute atomic E-state index is 0.113. The molecule has 1 saturated carbocycles. The molecule has 0 saturated heterocycles. The van der Waals surface area contributed by atoms with E-state index in [9.17, 15) is 13.5 Å². The Balaban J connectivity index is 2.31. The van der Waals surface area contributed by atoms with Crippen LogP contribution in [-0.2, 0) is 10.0 Å². The zero-order valence-electron chi connectivity index (χ0n) is 12.9. The number of likely N-dealkylation sites (N-methyl/N-ethyl adjacent to an activating group) is 1. The predicted octanol–water partition coefficient (Wildman–Crippen LogP) is 1.81. The third-order valence-corrected chi connectivity index (χ3v) is 6.22. The van der Waals surface area contributed by atoms with Crippen LogP contribution in [0.4, 0.5) is 5.69 Å². The van der Waals surface area contributed by atoms with Crippen LogP contribution in [0.1, 0.15) is 36.8 Å². The van der Waals surface area contributed by atoms with E-state index in [0.29, 0.717) is 12.8 Å². The fourth-order valence-electron chi connectivity index (χ4n) is 2.89. The number of aryl methyl sites for hydroxylation is 2. The van der Waals surface area contributed by atoms with E-state index in [1.165, 1.54) is 11.4 Å². The van der Waals surface area contributed by atoms with Crippen LogP contribution in [-0.4, -0.2) is 37.0 Å². The van der Waals surface area contributed by atoms with Gasteiger partial charge in [0.25, 0.3) is 0 Å². The minimum atomic E-state index is -3.69. The van der Waals surface area contributed by atoms with E-state index in [2.05, 4.69) is 0 Å². The first kappa shape index (κ1) is 16.3. The molecule has 0 aliphatic heterocycles. The topological polar surface area (TPSA) is 83.6 Å². The van der Waals surface area contributed by atoms with Crippen molar-refractivity contribution >= 4 is 15.7 Å². The Hall–Kier alpha value is -1.11. The van der Waals surface area contributed by atoms with Gasteiger partial charge in [0.2, 0.25) is 10.0 Å². The molecular formula is C15H24N2O3S. The molecule has 5 nitrogen and oxygen atoms in total. The first-order chi connectivity index (χ1) is 9.66. The lowest BCUT2D eigenvalue weighted by Gasteiger charge is -2.28. The predicted molar refractivity (Wildman–Crippen MR) is 83.6 cm³/mol. The van der Waals surface area contributed by atoms with E-state index in [-0.39, 0.29) is 17.1 Å². The fraction of sp³-hybridized carbons (Fsp3) is 0.600. The highest BCUT2D eigenvalue weighted by molar-refractivity contribution is 7.89. The molecule has 0 atom stereocenters. The Labute approximate surface area is 126 Å². The SMILES string of the molecule is Cc1cc(N)c(S(=O)(=O)N(C)CC2(O)CCCC2)cc1C. The second-order valence-electron chi connectivity index (χ2n) is 6.17. The highest BCUT2D eigenvalue weighted by atomic mass is 32.2. The summed E-state index contributed by atoms with van der Waals surface area (Å²) in [6.07, 6.45) is 3.18. The van der Waals surface area contributed by atoms with Crippen LogP contribution in [0.3, 0.4) is 0 Å². The van der Waals surface area contributed by atoms with Crippen molar-refractivity contribution in [3.63, 3.8) is 0 Å². The first-order valence-electron chi connectivity index (χ1n) is 7.21. The summed E-state index contributed by atoms with van der Waals surface area (Å²) >= 11 is 0. The smallest absolute Gasteiger partial charge is 0.244 e. The van der Waals surface area contributed by atoms with Crippen molar-refractivity contribution in [1.82, 2.24) is 4.31 Å². The summed E-state index contributed by atoms with van der Waals surface area (Å²) in [5.74, 6) is 0. The van der Waals surface area contributed by atoms with Crippen molar-refractivity contribution in [3.8, 4) is 0 Å². The summed E-state index contributed by atoms with van der Waals surface area (Å²) in [5, 5.41) is 10.4. The standard InChI is InChI=1S/C15H24N2O3S/c1-11-8-13(16)14(9-12(11)2)21(19,20)17(3)10-15(18)6-4-5-7-15/h8-9,18H,4-7,10,16H2,1-3H3. The number of nitrogens with zero attached hydrogens (tertiary/aromatic N) is 1. The first-order valence-corrected chi connectivity index (χ1v) is 8.65. The zero-order valence-corrected chi connectivity index (χ0v) is 13.7. The van der Waals surface area contributed by atoms with E-state index in [4.69, 9.17) is 5.73 Å². The molecule has 1 aromatic rings. The summed E-state index contributed by atoms with van der Waals surface area (Å²) in [5.41, 5.74) is 7.08. The summed E-state index contributed by atoms with van der Waals surface area (Å²) < 4.78 is 26.6. The van der Waals surface area contributed by atoms with E-state index >= 15 is 0 Å². The van der Waals surface area contributed by atoms with Gasteiger partial charge < -0.3 is 10.8 Å². The van der Waals surface area contributed by atoms with Gasteiger partial charge in [-0.3, -0.25) is 0 Å². The molecule has 3 N–H and O–H groups in total. The van der Waals surface area contributed by atoms with Crippen LogP contribution in [0.5, 0.6) is 0 Å². The third-order valence-electron chi connectivity index (χ3n) is 4.37. The highest BCUT2D eigenvalue weighted by Crippen LogP contribution is 2.32. The van der Waals surface area contributed by atoms with Gasteiger partial charge in [-0.25, -0.2) is 8.42 Å². The van der Waals surface area contributed by atoms with Gasteiger partial charge >= 0.3 is 0 Å². The van der Waals surface area contributed by atoms with Gasteiger partial charge in [-0.05, 0) is 49.9 Å². The van der Waals surface area contributed by atoms with Gasteiger partial charge in [-0.15, -0.1) is 0 Å². The lowest BCUT2D eigenvalue weighted by molar-refractivity contribution is 0.0333. The maximum atomic E-state index is 12.7. The normalized spacial score (nSPS) is 18.3. The average molecular weight is 312 g/mol. The van der Waals surface area contributed by atoms with Gasteiger partial charge in [-0.1, -0.05) is 12.8 Å². The number of nitrogens with two attached hydrogens (primary N) is 1. The molecule has 0 radical (unpaired) electrons. The lowest BCUT2D eigenvalue weighted by Crippen LogP contribution is -2.42. The van der Waals surface area contributed by atoms with Gasteiger partial charge in [-0.2, -0.15) is 4.31 Å². The van der Waals surface area contributed by atoms with Crippen molar-refractivity contribution < 1.29 is 13.5 Å². The highest BCUT2D eigenvalue weighted by Gasteiger charge is 2.36. The zero-order chi connectivity index (χ0) is 15.8. The molecule has 0 spiro atoms. The summed E-state index contributed by atoms with van der Waals surface area (Å²) in [6, 6.07) is 3.29. The number of hydrogen-bond donors (Lipinski definition) is 2. The van der Waals surface area contributed by atoms with Crippen LogP contribution < -0.4 is 5.73 Å². The minimum Gasteiger partial charge on any atom is -0.398 e. The van der Waals surface area contributed by atoms with Crippen molar-refractivity contribution in [2.45, 2.75) is 50.0 Å². The molecule has 0 unspecified atom stereocenters.